The van der Waals surface area contributed by atoms with E-state index < -0.39 is 0 Å². The first-order valence-corrected chi connectivity index (χ1v) is 7.45. The monoisotopic (exact) mass is 274 g/mol. The van der Waals surface area contributed by atoms with Gasteiger partial charge in [0, 0.05) is 22.0 Å². The highest BCUT2D eigenvalue weighted by Crippen LogP contribution is 2.29. The molecule has 0 atom stereocenters. The second kappa shape index (κ2) is 5.33. The first-order chi connectivity index (χ1) is 8.86. The highest BCUT2D eigenvalue weighted by atomic mass is 32.1. The molecule has 2 nitrogen and oxygen atoms in total. The molecule has 3 heteroatoms. The zero-order valence-electron chi connectivity index (χ0n) is 12.4. The molecule has 0 fully saturated rings. The highest BCUT2D eigenvalue weighted by Gasteiger charge is 2.15. The smallest absolute Gasteiger partial charge is 0.0607 e. The number of aryl methyl sites for hydroxylation is 2. The number of hydrogen-bond acceptors (Lipinski definition) is 3. The van der Waals surface area contributed by atoms with Crippen LogP contribution in [0.1, 0.15) is 41.9 Å². The quantitative estimate of drug-likeness (QED) is 0.879. The van der Waals surface area contributed by atoms with E-state index in [-0.39, 0.29) is 5.41 Å². The highest BCUT2D eigenvalue weighted by molar-refractivity contribution is 7.12. The van der Waals surface area contributed by atoms with E-state index in [1.54, 1.807) is 0 Å². The summed E-state index contributed by atoms with van der Waals surface area (Å²) in [6.45, 7) is 11.7. The molecule has 0 radical (unpaired) electrons. The maximum atomic E-state index is 4.47. The van der Waals surface area contributed by atoms with E-state index in [2.05, 4.69) is 49.3 Å². The fourth-order valence-corrected chi connectivity index (χ4v) is 2.94. The predicted octanol–water partition coefficient (Wildman–Crippen LogP) is 4.67. The SMILES string of the molecule is Cc1ccc(NCc2ccc(C(C)(C)C)s2)c(C)n1. The van der Waals surface area contributed by atoms with Crippen molar-refractivity contribution in [3.8, 4) is 0 Å². The Bertz CT molecular complexity index is 564. The summed E-state index contributed by atoms with van der Waals surface area (Å²) in [5.74, 6) is 0. The Labute approximate surface area is 119 Å². The van der Waals surface area contributed by atoms with Gasteiger partial charge in [-0.2, -0.15) is 0 Å². The molecule has 0 aliphatic rings. The Kier molecular flexibility index (Phi) is 3.95. The maximum Gasteiger partial charge on any atom is 0.0607 e. The molecular weight excluding hydrogens is 252 g/mol. The number of pyridine rings is 1. The molecule has 2 rings (SSSR count). The van der Waals surface area contributed by atoms with Gasteiger partial charge >= 0.3 is 0 Å². The van der Waals surface area contributed by atoms with Crippen LogP contribution in [0.5, 0.6) is 0 Å². The van der Waals surface area contributed by atoms with Gasteiger partial charge in [0.2, 0.25) is 0 Å². The third-order valence-corrected chi connectivity index (χ3v) is 4.59. The van der Waals surface area contributed by atoms with Crippen molar-refractivity contribution in [3.63, 3.8) is 0 Å². The number of thiophene rings is 1. The van der Waals surface area contributed by atoms with Crippen LogP contribution in [0.25, 0.3) is 0 Å². The largest absolute Gasteiger partial charge is 0.379 e. The Balaban J connectivity index is 2.04. The number of rotatable bonds is 3. The van der Waals surface area contributed by atoms with Gasteiger partial charge in [0.1, 0.15) is 0 Å². The van der Waals surface area contributed by atoms with Crippen molar-refractivity contribution < 1.29 is 0 Å². The van der Waals surface area contributed by atoms with Crippen LogP contribution in [0.15, 0.2) is 24.3 Å². The second-order valence-electron chi connectivity index (χ2n) is 5.96. The van der Waals surface area contributed by atoms with E-state index in [4.69, 9.17) is 0 Å². The van der Waals surface area contributed by atoms with Crippen LogP contribution in [-0.2, 0) is 12.0 Å². The van der Waals surface area contributed by atoms with E-state index in [0.29, 0.717) is 0 Å². The average Bonchev–Trinajstić information content (AvgIpc) is 2.76. The minimum Gasteiger partial charge on any atom is -0.379 e. The molecule has 0 aromatic carbocycles. The Morgan fingerprint density at radius 3 is 2.42 bits per heavy atom. The van der Waals surface area contributed by atoms with Gasteiger partial charge in [0.25, 0.3) is 0 Å². The topological polar surface area (TPSA) is 24.9 Å². The summed E-state index contributed by atoms with van der Waals surface area (Å²) in [7, 11) is 0. The van der Waals surface area contributed by atoms with E-state index in [1.165, 1.54) is 9.75 Å². The van der Waals surface area contributed by atoms with Crippen molar-refractivity contribution in [3.05, 3.63) is 45.4 Å². The molecule has 0 saturated heterocycles. The van der Waals surface area contributed by atoms with Crippen molar-refractivity contribution in [1.29, 1.82) is 0 Å². The Morgan fingerprint density at radius 1 is 1.11 bits per heavy atom. The van der Waals surface area contributed by atoms with Gasteiger partial charge in [-0.25, -0.2) is 0 Å². The molecule has 0 aliphatic carbocycles. The van der Waals surface area contributed by atoms with E-state index in [0.717, 1.165) is 23.6 Å². The third-order valence-electron chi connectivity index (χ3n) is 3.08. The van der Waals surface area contributed by atoms with E-state index >= 15 is 0 Å². The standard InChI is InChI=1S/C16H22N2S/c1-11-6-8-14(12(2)18-11)17-10-13-7-9-15(19-13)16(3,4)5/h6-9,17H,10H2,1-5H3. The van der Waals surface area contributed by atoms with Gasteiger partial charge in [0.15, 0.2) is 0 Å². The molecule has 0 bridgehead atoms. The van der Waals surface area contributed by atoms with Crippen molar-refractivity contribution in [2.24, 2.45) is 0 Å². The van der Waals surface area contributed by atoms with Crippen molar-refractivity contribution >= 4 is 17.0 Å². The van der Waals surface area contributed by atoms with Gasteiger partial charge in [0.05, 0.1) is 11.4 Å². The van der Waals surface area contributed by atoms with Crippen LogP contribution in [0.3, 0.4) is 0 Å². The lowest BCUT2D eigenvalue weighted by Gasteiger charge is -2.15. The fraction of sp³-hybridized carbons (Fsp3) is 0.438. The van der Waals surface area contributed by atoms with Crippen LogP contribution >= 0.6 is 11.3 Å². The van der Waals surface area contributed by atoms with Crippen molar-refractivity contribution in [2.45, 2.75) is 46.6 Å². The lowest BCUT2D eigenvalue weighted by atomic mass is 9.95. The summed E-state index contributed by atoms with van der Waals surface area (Å²) in [4.78, 5) is 7.27. The molecule has 1 N–H and O–H groups in total. The van der Waals surface area contributed by atoms with Gasteiger partial charge in [-0.3, -0.25) is 4.98 Å². The minimum atomic E-state index is 0.240. The van der Waals surface area contributed by atoms with E-state index in [9.17, 15) is 0 Å². The predicted molar refractivity (Wildman–Crippen MR) is 84.1 cm³/mol. The zero-order valence-corrected chi connectivity index (χ0v) is 13.2. The normalized spacial score (nSPS) is 11.6. The van der Waals surface area contributed by atoms with Gasteiger partial charge in [-0.05, 0) is 43.5 Å². The third kappa shape index (κ3) is 3.57. The fourth-order valence-electron chi connectivity index (χ4n) is 1.93. The molecule has 2 heterocycles. The number of aromatic nitrogens is 1. The van der Waals surface area contributed by atoms with Crippen molar-refractivity contribution in [2.75, 3.05) is 5.32 Å². The lowest BCUT2D eigenvalue weighted by molar-refractivity contribution is 0.604. The average molecular weight is 274 g/mol. The lowest BCUT2D eigenvalue weighted by Crippen LogP contribution is -2.07. The maximum absolute atomic E-state index is 4.47. The molecule has 0 saturated carbocycles. The molecule has 19 heavy (non-hydrogen) atoms. The number of anilines is 1. The molecule has 2 aromatic heterocycles. The molecule has 102 valence electrons. The summed E-state index contributed by atoms with van der Waals surface area (Å²) in [6.07, 6.45) is 0. The molecule has 2 aromatic rings. The number of nitrogens with zero attached hydrogens (tertiary/aromatic N) is 1. The van der Waals surface area contributed by atoms with Gasteiger partial charge in [-0.15, -0.1) is 11.3 Å². The molecular formula is C16H22N2S. The molecule has 0 aliphatic heterocycles. The Hall–Kier alpha value is -1.35. The van der Waals surface area contributed by atoms with Crippen LogP contribution < -0.4 is 5.32 Å². The molecule has 0 amide bonds. The van der Waals surface area contributed by atoms with Crippen LogP contribution in [-0.4, -0.2) is 4.98 Å². The first-order valence-electron chi connectivity index (χ1n) is 6.63. The summed E-state index contributed by atoms with van der Waals surface area (Å²) in [5, 5.41) is 3.47. The number of hydrogen-bond donors (Lipinski definition) is 1. The molecule has 0 unspecified atom stereocenters. The van der Waals surface area contributed by atoms with Gasteiger partial charge in [-0.1, -0.05) is 20.8 Å². The minimum absolute atomic E-state index is 0.240. The summed E-state index contributed by atoms with van der Waals surface area (Å²) >= 11 is 1.89. The Morgan fingerprint density at radius 2 is 1.84 bits per heavy atom. The van der Waals surface area contributed by atoms with Crippen LogP contribution in [0, 0.1) is 13.8 Å². The second-order valence-corrected chi connectivity index (χ2v) is 7.12. The summed E-state index contributed by atoms with van der Waals surface area (Å²) in [5.41, 5.74) is 3.49. The summed E-state index contributed by atoms with van der Waals surface area (Å²) in [6, 6.07) is 8.61. The van der Waals surface area contributed by atoms with Crippen LogP contribution in [0.2, 0.25) is 0 Å². The van der Waals surface area contributed by atoms with Gasteiger partial charge < -0.3 is 5.32 Å². The number of nitrogens with one attached hydrogen (secondary N) is 1. The van der Waals surface area contributed by atoms with Crippen LogP contribution in [0.4, 0.5) is 5.69 Å². The summed E-state index contributed by atoms with van der Waals surface area (Å²) < 4.78 is 0. The van der Waals surface area contributed by atoms with E-state index in [1.807, 2.05) is 31.3 Å². The first kappa shape index (κ1) is 14.1. The zero-order chi connectivity index (χ0) is 14.0. The molecule has 0 spiro atoms. The van der Waals surface area contributed by atoms with Crippen molar-refractivity contribution in [1.82, 2.24) is 4.98 Å².